The molecule has 0 heterocycles. The summed E-state index contributed by atoms with van der Waals surface area (Å²) in [6.45, 7) is 1.33. The molecule has 1 aliphatic carbocycles. The molecule has 0 radical (unpaired) electrons. The van der Waals surface area contributed by atoms with Crippen LogP contribution in [0.5, 0.6) is 0 Å². The Labute approximate surface area is 111 Å². The molecule has 0 saturated heterocycles. The fraction of sp³-hybridized carbons (Fsp3) is 1.00. The molecule has 2 nitrogen and oxygen atoms in total. The minimum absolute atomic E-state index is 0.213. The molecule has 1 aliphatic rings. The normalized spacial score (nSPS) is 29.8. The third-order valence-electron chi connectivity index (χ3n) is 4.20. The summed E-state index contributed by atoms with van der Waals surface area (Å²) in [4.78, 5) is 2.16. The molecule has 1 rings (SSSR count). The molecule has 0 unspecified atom stereocenters. The second kappa shape index (κ2) is 6.48. The molecule has 0 atom stereocenters. The molecule has 1 fully saturated rings. The summed E-state index contributed by atoms with van der Waals surface area (Å²) in [6, 6.07) is 0. The Morgan fingerprint density at radius 1 is 1.33 bits per heavy atom. The lowest BCUT2D eigenvalue weighted by molar-refractivity contribution is -0.187. The van der Waals surface area contributed by atoms with Crippen molar-refractivity contribution in [3.63, 3.8) is 0 Å². The van der Waals surface area contributed by atoms with Gasteiger partial charge in [0.15, 0.2) is 0 Å². The van der Waals surface area contributed by atoms with Crippen LogP contribution in [0.2, 0.25) is 0 Å². The van der Waals surface area contributed by atoms with E-state index in [2.05, 4.69) is 4.90 Å². The van der Waals surface area contributed by atoms with Crippen molar-refractivity contribution < 1.29 is 13.2 Å². The third kappa shape index (κ3) is 3.78. The Hall–Kier alpha value is 0.0600. The molecule has 0 aromatic carbocycles. The summed E-state index contributed by atoms with van der Waals surface area (Å²) in [5, 5.41) is 0. The van der Waals surface area contributed by atoms with Crippen molar-refractivity contribution in [1.29, 1.82) is 0 Å². The van der Waals surface area contributed by atoms with E-state index in [4.69, 9.17) is 5.73 Å². The van der Waals surface area contributed by atoms with Gasteiger partial charge in [0.25, 0.3) is 0 Å². The number of hydrogen-bond donors (Lipinski definition) is 1. The van der Waals surface area contributed by atoms with Crippen molar-refractivity contribution in [1.82, 2.24) is 4.90 Å². The zero-order valence-electron chi connectivity index (χ0n) is 11.1. The van der Waals surface area contributed by atoms with E-state index in [1.807, 2.05) is 13.3 Å². The predicted octanol–water partition coefficient (Wildman–Crippen LogP) is 2.73. The van der Waals surface area contributed by atoms with Crippen molar-refractivity contribution in [2.24, 2.45) is 11.7 Å². The van der Waals surface area contributed by atoms with E-state index in [-0.39, 0.29) is 18.4 Å². The number of thioether (sulfide) groups is 1. The summed E-state index contributed by atoms with van der Waals surface area (Å²) in [5.74, 6) is -0.146. The summed E-state index contributed by atoms with van der Waals surface area (Å²) >= 11 is 1.75. The lowest BCUT2D eigenvalue weighted by atomic mass is 9.75. The maximum atomic E-state index is 12.7. The van der Waals surface area contributed by atoms with Gasteiger partial charge >= 0.3 is 6.18 Å². The minimum atomic E-state index is -4.04. The average Bonchev–Trinajstić information content (AvgIpc) is 2.34. The van der Waals surface area contributed by atoms with Crippen molar-refractivity contribution >= 4 is 11.8 Å². The monoisotopic (exact) mass is 284 g/mol. The zero-order chi connectivity index (χ0) is 13.8. The van der Waals surface area contributed by atoms with Crippen LogP contribution < -0.4 is 5.73 Å². The molecule has 0 aliphatic heterocycles. The molecule has 108 valence electrons. The van der Waals surface area contributed by atoms with E-state index >= 15 is 0 Å². The highest BCUT2D eigenvalue weighted by Crippen LogP contribution is 2.42. The summed E-state index contributed by atoms with van der Waals surface area (Å²) in [6.07, 6.45) is -0.478. The Morgan fingerprint density at radius 2 is 1.89 bits per heavy atom. The third-order valence-corrected chi connectivity index (χ3v) is 4.79. The van der Waals surface area contributed by atoms with Crippen LogP contribution >= 0.6 is 11.8 Å². The summed E-state index contributed by atoms with van der Waals surface area (Å²) in [5.41, 5.74) is 5.61. The second-order valence-corrected chi connectivity index (χ2v) is 6.14. The van der Waals surface area contributed by atoms with Crippen molar-refractivity contribution in [3.05, 3.63) is 0 Å². The lowest BCUT2D eigenvalue weighted by Crippen LogP contribution is -2.55. The van der Waals surface area contributed by atoms with Crippen molar-refractivity contribution in [2.75, 3.05) is 32.1 Å². The van der Waals surface area contributed by atoms with Crippen LogP contribution in [-0.4, -0.2) is 48.8 Å². The van der Waals surface area contributed by atoms with E-state index in [9.17, 15) is 13.2 Å². The number of nitrogens with two attached hydrogens (primary N) is 1. The van der Waals surface area contributed by atoms with Crippen LogP contribution in [0, 0.1) is 5.92 Å². The number of alkyl halides is 3. The first-order valence-corrected chi connectivity index (χ1v) is 7.72. The predicted molar refractivity (Wildman–Crippen MR) is 70.8 cm³/mol. The maximum Gasteiger partial charge on any atom is 0.391 e. The van der Waals surface area contributed by atoms with Gasteiger partial charge < -0.3 is 5.73 Å². The number of likely N-dealkylation sites (N-methyl/N-ethyl adjacent to an activating group) is 1. The number of rotatable bonds is 5. The van der Waals surface area contributed by atoms with Gasteiger partial charge in [0.2, 0.25) is 0 Å². The highest BCUT2D eigenvalue weighted by molar-refractivity contribution is 7.98. The van der Waals surface area contributed by atoms with E-state index in [1.165, 1.54) is 0 Å². The molecule has 0 aromatic rings. The van der Waals surface area contributed by atoms with Gasteiger partial charge in [0, 0.05) is 24.4 Å². The number of halogens is 3. The SMILES string of the molecule is CSCCN(C)C1(CN)CCC(C(F)(F)F)CC1. The van der Waals surface area contributed by atoms with Gasteiger partial charge in [-0.1, -0.05) is 0 Å². The highest BCUT2D eigenvalue weighted by atomic mass is 32.2. The Kier molecular flexibility index (Phi) is 5.80. The fourth-order valence-corrected chi connectivity index (χ4v) is 3.15. The van der Waals surface area contributed by atoms with Gasteiger partial charge in [0.1, 0.15) is 0 Å². The first-order valence-electron chi connectivity index (χ1n) is 6.32. The second-order valence-electron chi connectivity index (χ2n) is 5.16. The van der Waals surface area contributed by atoms with Crippen LogP contribution in [0.15, 0.2) is 0 Å². The van der Waals surface area contributed by atoms with Crippen LogP contribution in [0.25, 0.3) is 0 Å². The zero-order valence-corrected chi connectivity index (χ0v) is 11.9. The van der Waals surface area contributed by atoms with Gasteiger partial charge in [-0.05, 0) is 39.0 Å². The van der Waals surface area contributed by atoms with Gasteiger partial charge in [-0.25, -0.2) is 0 Å². The lowest BCUT2D eigenvalue weighted by Gasteiger charge is -2.46. The smallest absolute Gasteiger partial charge is 0.329 e. The number of hydrogen-bond acceptors (Lipinski definition) is 3. The molecule has 6 heteroatoms. The first kappa shape index (κ1) is 16.1. The molecule has 1 saturated carbocycles. The van der Waals surface area contributed by atoms with Gasteiger partial charge in [-0.2, -0.15) is 24.9 Å². The minimum Gasteiger partial charge on any atom is -0.329 e. The Bertz CT molecular complexity index is 250. The largest absolute Gasteiger partial charge is 0.391 e. The standard InChI is InChI=1S/C12H23F3N2S/c1-17(7-8-18-2)11(9-16)5-3-10(4-6-11)12(13,14)15/h10H,3-9,16H2,1-2H3. The van der Waals surface area contributed by atoms with E-state index in [0.717, 1.165) is 12.3 Å². The van der Waals surface area contributed by atoms with Crippen LogP contribution in [0.3, 0.4) is 0 Å². The van der Waals surface area contributed by atoms with Crippen LogP contribution in [-0.2, 0) is 0 Å². The van der Waals surface area contributed by atoms with E-state index < -0.39 is 12.1 Å². The molecule has 0 bridgehead atoms. The highest BCUT2D eigenvalue weighted by Gasteiger charge is 2.46. The molecule has 18 heavy (non-hydrogen) atoms. The molecule has 0 aromatic heterocycles. The fourth-order valence-electron chi connectivity index (χ4n) is 2.69. The van der Waals surface area contributed by atoms with E-state index in [0.29, 0.717) is 19.4 Å². The van der Waals surface area contributed by atoms with Gasteiger partial charge in [-0.3, -0.25) is 4.90 Å². The van der Waals surface area contributed by atoms with Crippen molar-refractivity contribution in [2.45, 2.75) is 37.4 Å². The molecule has 0 spiro atoms. The molecule has 0 amide bonds. The molecular formula is C12H23F3N2S. The van der Waals surface area contributed by atoms with E-state index in [1.54, 1.807) is 11.8 Å². The first-order chi connectivity index (χ1) is 8.35. The van der Waals surface area contributed by atoms with Crippen molar-refractivity contribution in [3.8, 4) is 0 Å². The summed E-state index contributed by atoms with van der Waals surface area (Å²) in [7, 11) is 1.98. The summed E-state index contributed by atoms with van der Waals surface area (Å²) < 4.78 is 38.0. The topological polar surface area (TPSA) is 29.3 Å². The van der Waals surface area contributed by atoms with Crippen LogP contribution in [0.4, 0.5) is 13.2 Å². The number of nitrogens with zero attached hydrogens (tertiary/aromatic N) is 1. The maximum absolute atomic E-state index is 12.7. The Balaban J connectivity index is 2.59. The Morgan fingerprint density at radius 3 is 2.28 bits per heavy atom. The average molecular weight is 284 g/mol. The van der Waals surface area contributed by atoms with Gasteiger partial charge in [0.05, 0.1) is 5.92 Å². The molecule has 2 N–H and O–H groups in total. The van der Waals surface area contributed by atoms with Gasteiger partial charge in [-0.15, -0.1) is 0 Å². The van der Waals surface area contributed by atoms with Crippen LogP contribution in [0.1, 0.15) is 25.7 Å². The molecular weight excluding hydrogens is 261 g/mol. The quantitative estimate of drug-likeness (QED) is 0.841.